The molecule has 0 saturated carbocycles. The van der Waals surface area contributed by atoms with Gasteiger partial charge in [0.1, 0.15) is 5.69 Å². The number of aryl methyl sites for hydroxylation is 1. The number of rotatable bonds is 1. The van der Waals surface area contributed by atoms with Crippen molar-refractivity contribution in [1.82, 2.24) is 15.0 Å². The van der Waals surface area contributed by atoms with Crippen molar-refractivity contribution >= 4 is 6.21 Å². The summed E-state index contributed by atoms with van der Waals surface area (Å²) in [5.41, 5.74) is 0.667. The summed E-state index contributed by atoms with van der Waals surface area (Å²) in [5, 5.41) is 10.9. The Balaban J connectivity index is 2.85. The van der Waals surface area contributed by atoms with Crippen LogP contribution in [0.1, 0.15) is 5.69 Å². The molecule has 1 aromatic rings. The first-order valence-electron chi connectivity index (χ1n) is 2.42. The summed E-state index contributed by atoms with van der Waals surface area (Å²) in [4.78, 5) is 1.44. The van der Waals surface area contributed by atoms with Crippen LogP contribution in [0.4, 0.5) is 0 Å². The molecule has 0 radical (unpaired) electrons. The van der Waals surface area contributed by atoms with Gasteiger partial charge in [-0.15, -0.1) is 0 Å². The van der Waals surface area contributed by atoms with Gasteiger partial charge in [-0.1, -0.05) is 0 Å². The van der Waals surface area contributed by atoms with Crippen LogP contribution in [0.15, 0.2) is 11.3 Å². The highest BCUT2D eigenvalue weighted by Crippen LogP contribution is 1.81. The first-order valence-corrected chi connectivity index (χ1v) is 2.42. The van der Waals surface area contributed by atoms with Gasteiger partial charge in [-0.05, 0) is 0 Å². The summed E-state index contributed by atoms with van der Waals surface area (Å²) in [6.45, 7) is 0. The van der Waals surface area contributed by atoms with Crippen LogP contribution in [0, 0.1) is 0 Å². The average Bonchev–Trinajstić information content (AvgIpc) is 2.17. The molecule has 5 heteroatoms. The molecule has 0 aliphatic rings. The van der Waals surface area contributed by atoms with Crippen LogP contribution < -0.4 is 5.84 Å². The third kappa shape index (κ3) is 1.25. The van der Waals surface area contributed by atoms with Gasteiger partial charge in [0, 0.05) is 7.05 Å². The van der Waals surface area contributed by atoms with Gasteiger partial charge >= 0.3 is 0 Å². The van der Waals surface area contributed by atoms with Crippen molar-refractivity contribution in [3.05, 3.63) is 11.9 Å². The minimum Gasteiger partial charge on any atom is -0.323 e. The van der Waals surface area contributed by atoms with Crippen LogP contribution in [0.25, 0.3) is 0 Å². The maximum atomic E-state index is 4.86. The zero-order valence-electron chi connectivity index (χ0n) is 5.02. The summed E-state index contributed by atoms with van der Waals surface area (Å²) in [6.07, 6.45) is 3.02. The number of hydrogen-bond acceptors (Lipinski definition) is 4. The number of hydrazone groups is 1. The normalized spacial score (nSPS) is 10.8. The number of hydrogen-bond donors (Lipinski definition) is 1. The van der Waals surface area contributed by atoms with E-state index in [4.69, 9.17) is 5.84 Å². The van der Waals surface area contributed by atoms with Crippen LogP contribution in [0.3, 0.4) is 0 Å². The molecular weight excluding hydrogens is 118 g/mol. The second kappa shape index (κ2) is 2.25. The number of nitrogens with two attached hydrogens (primary N) is 1. The van der Waals surface area contributed by atoms with E-state index < -0.39 is 0 Å². The van der Waals surface area contributed by atoms with Gasteiger partial charge in [-0.25, -0.2) is 0 Å². The van der Waals surface area contributed by atoms with E-state index in [1.807, 2.05) is 0 Å². The van der Waals surface area contributed by atoms with E-state index in [-0.39, 0.29) is 0 Å². The summed E-state index contributed by atoms with van der Waals surface area (Å²) in [6, 6.07) is 0. The van der Waals surface area contributed by atoms with Crippen molar-refractivity contribution in [3.8, 4) is 0 Å². The fourth-order valence-corrected chi connectivity index (χ4v) is 0.497. The highest BCUT2D eigenvalue weighted by atomic mass is 15.4. The predicted octanol–water partition coefficient (Wildman–Crippen LogP) is -0.892. The van der Waals surface area contributed by atoms with Crippen LogP contribution >= 0.6 is 0 Å². The van der Waals surface area contributed by atoms with Crippen molar-refractivity contribution in [2.75, 3.05) is 0 Å². The molecule has 0 atom stereocenters. The monoisotopic (exact) mass is 125 g/mol. The third-order valence-electron chi connectivity index (χ3n) is 0.824. The van der Waals surface area contributed by atoms with Crippen molar-refractivity contribution in [2.45, 2.75) is 0 Å². The van der Waals surface area contributed by atoms with Crippen molar-refractivity contribution in [2.24, 2.45) is 18.0 Å². The van der Waals surface area contributed by atoms with Crippen LogP contribution in [-0.4, -0.2) is 21.2 Å². The second-order valence-electron chi connectivity index (χ2n) is 1.54. The first-order chi connectivity index (χ1) is 4.33. The topological polar surface area (TPSA) is 69.1 Å². The lowest BCUT2D eigenvalue weighted by atomic mass is 10.5. The molecule has 1 heterocycles. The fourth-order valence-electron chi connectivity index (χ4n) is 0.497. The van der Waals surface area contributed by atoms with Gasteiger partial charge in [0.2, 0.25) is 0 Å². The Bertz CT molecular complexity index is 212. The molecule has 0 fully saturated rings. The quantitative estimate of drug-likeness (QED) is 0.300. The molecule has 0 bridgehead atoms. The Morgan fingerprint density at radius 3 is 3.11 bits per heavy atom. The van der Waals surface area contributed by atoms with Crippen LogP contribution in [0.2, 0.25) is 0 Å². The van der Waals surface area contributed by atoms with Gasteiger partial charge in [0.05, 0.1) is 12.4 Å². The summed E-state index contributed by atoms with van der Waals surface area (Å²) in [7, 11) is 1.73. The standard InChI is InChI=1S/C4H7N5/c1-9-7-3-4(8-9)2-6-5/h2-3H,5H2,1H3/b6-2+. The lowest BCUT2D eigenvalue weighted by Crippen LogP contribution is -1.93. The van der Waals surface area contributed by atoms with Crippen LogP contribution in [0.5, 0.6) is 0 Å². The van der Waals surface area contributed by atoms with Gasteiger partial charge in [-0.3, -0.25) is 0 Å². The molecular formula is C4H7N5. The van der Waals surface area contributed by atoms with E-state index in [1.165, 1.54) is 11.0 Å². The minimum absolute atomic E-state index is 0.667. The predicted molar refractivity (Wildman–Crippen MR) is 32.8 cm³/mol. The highest BCUT2D eigenvalue weighted by molar-refractivity contribution is 5.75. The molecule has 0 aliphatic heterocycles. The molecule has 0 unspecified atom stereocenters. The van der Waals surface area contributed by atoms with E-state index in [1.54, 1.807) is 13.2 Å². The lowest BCUT2D eigenvalue weighted by molar-refractivity contribution is 0.653. The molecule has 5 nitrogen and oxygen atoms in total. The van der Waals surface area contributed by atoms with Gasteiger partial charge in [0.25, 0.3) is 0 Å². The number of aromatic nitrogens is 3. The molecule has 2 N–H and O–H groups in total. The van der Waals surface area contributed by atoms with Gasteiger partial charge < -0.3 is 5.84 Å². The molecule has 48 valence electrons. The third-order valence-corrected chi connectivity index (χ3v) is 0.824. The second-order valence-corrected chi connectivity index (χ2v) is 1.54. The van der Waals surface area contributed by atoms with Gasteiger partial charge in [-0.2, -0.15) is 20.1 Å². The molecule has 9 heavy (non-hydrogen) atoms. The lowest BCUT2D eigenvalue weighted by Gasteiger charge is -1.78. The number of nitrogens with zero attached hydrogens (tertiary/aromatic N) is 4. The van der Waals surface area contributed by atoms with E-state index >= 15 is 0 Å². The SMILES string of the molecule is Cn1ncc(/C=N/N)n1. The summed E-state index contributed by atoms with van der Waals surface area (Å²) < 4.78 is 0. The Hall–Kier alpha value is -1.39. The molecule has 0 aliphatic carbocycles. The fraction of sp³-hybridized carbons (Fsp3) is 0.250. The Morgan fingerprint density at radius 2 is 2.67 bits per heavy atom. The van der Waals surface area contributed by atoms with Gasteiger partial charge in [0.15, 0.2) is 0 Å². The molecule has 0 spiro atoms. The first kappa shape index (κ1) is 5.74. The highest BCUT2D eigenvalue weighted by Gasteiger charge is 1.89. The van der Waals surface area contributed by atoms with Crippen LogP contribution in [-0.2, 0) is 7.05 Å². The summed E-state index contributed by atoms with van der Waals surface area (Å²) >= 11 is 0. The smallest absolute Gasteiger partial charge is 0.125 e. The molecule has 0 saturated heterocycles. The Kier molecular flexibility index (Phi) is 1.44. The molecule has 0 amide bonds. The van der Waals surface area contributed by atoms with Crippen molar-refractivity contribution in [1.29, 1.82) is 0 Å². The Labute approximate surface area is 52.2 Å². The molecule has 0 aromatic carbocycles. The minimum atomic E-state index is 0.667. The maximum Gasteiger partial charge on any atom is 0.125 e. The molecule has 1 rings (SSSR count). The Morgan fingerprint density at radius 1 is 1.89 bits per heavy atom. The largest absolute Gasteiger partial charge is 0.323 e. The maximum absolute atomic E-state index is 4.86. The summed E-state index contributed by atoms with van der Waals surface area (Å²) in [5.74, 6) is 4.86. The van der Waals surface area contributed by atoms with E-state index in [0.717, 1.165) is 0 Å². The van der Waals surface area contributed by atoms with E-state index in [9.17, 15) is 0 Å². The zero-order valence-corrected chi connectivity index (χ0v) is 5.02. The van der Waals surface area contributed by atoms with E-state index in [2.05, 4.69) is 15.3 Å². The average molecular weight is 125 g/mol. The van der Waals surface area contributed by atoms with E-state index in [0.29, 0.717) is 5.69 Å². The van der Waals surface area contributed by atoms with Crippen molar-refractivity contribution < 1.29 is 0 Å². The van der Waals surface area contributed by atoms with Crippen molar-refractivity contribution in [3.63, 3.8) is 0 Å². The zero-order chi connectivity index (χ0) is 6.69. The molecule has 1 aromatic heterocycles.